The summed E-state index contributed by atoms with van der Waals surface area (Å²) in [5.74, 6) is -2.44. The number of nitrogens with one attached hydrogen (secondary N) is 1. The molecule has 0 saturated carbocycles. The van der Waals surface area contributed by atoms with Gasteiger partial charge in [-0.1, -0.05) is 12.2 Å². The lowest BCUT2D eigenvalue weighted by Gasteiger charge is -2.19. The third-order valence-corrected chi connectivity index (χ3v) is 2.81. The summed E-state index contributed by atoms with van der Waals surface area (Å²) in [5, 5.41) is 20.5. The molecule has 1 saturated heterocycles. The molecule has 0 aromatic carbocycles. The van der Waals surface area contributed by atoms with Gasteiger partial charge in [-0.05, 0) is 12.8 Å². The Hall–Kier alpha value is -1.40. The highest BCUT2D eigenvalue weighted by Gasteiger charge is 2.41. The van der Waals surface area contributed by atoms with Gasteiger partial charge >= 0.3 is 11.9 Å². The Bertz CT molecular complexity index is 280. The summed E-state index contributed by atoms with van der Waals surface area (Å²) in [6.07, 6.45) is -0.137. The van der Waals surface area contributed by atoms with Gasteiger partial charge in [-0.25, -0.2) is 0 Å². The average molecular weight is 231 g/mol. The zero-order valence-corrected chi connectivity index (χ0v) is 9.06. The smallest absolute Gasteiger partial charge is 0.321 e. The van der Waals surface area contributed by atoms with Gasteiger partial charge in [-0.2, -0.15) is 0 Å². The van der Waals surface area contributed by atoms with E-state index in [2.05, 4.69) is 11.9 Å². The van der Waals surface area contributed by atoms with Crippen LogP contribution in [0.3, 0.4) is 0 Å². The summed E-state index contributed by atoms with van der Waals surface area (Å²) in [5.41, 5.74) is 0.831. The minimum atomic E-state index is -0.995. The lowest BCUT2D eigenvalue weighted by Crippen LogP contribution is -2.36. The average Bonchev–Trinajstić information content (AvgIpc) is 2.46. The Balaban J connectivity index is 0.00000225. The SMILES string of the molecule is C=C(C)[C@H]1CN[C@H](C(=O)O)[C@H]1CC(=O)O.O. The molecule has 92 valence electrons. The second-order valence-electron chi connectivity index (χ2n) is 3.94. The van der Waals surface area contributed by atoms with Gasteiger partial charge in [0.2, 0.25) is 0 Å². The van der Waals surface area contributed by atoms with Crippen LogP contribution in [0.5, 0.6) is 0 Å². The Kier molecular flexibility index (Phi) is 5.13. The minimum absolute atomic E-state index is 0. The number of hydrogen-bond donors (Lipinski definition) is 3. The normalized spacial score (nSPS) is 28.2. The molecule has 1 fully saturated rings. The first-order valence-corrected chi connectivity index (χ1v) is 4.77. The van der Waals surface area contributed by atoms with E-state index in [0.29, 0.717) is 6.54 Å². The standard InChI is InChI=1S/C10H15NO4.H2O/c1-5(2)7-4-11-9(10(14)15)6(7)3-8(12)13;/h6-7,9,11H,1,3-4H2,2H3,(H,12,13)(H,14,15);1H2/t6-,7+,9-;/m0./s1. The number of aliphatic carboxylic acids is 2. The fraction of sp³-hybridized carbons (Fsp3) is 0.600. The molecule has 1 heterocycles. The Morgan fingerprint density at radius 3 is 2.38 bits per heavy atom. The van der Waals surface area contributed by atoms with Crippen molar-refractivity contribution >= 4 is 11.9 Å². The minimum Gasteiger partial charge on any atom is -0.481 e. The van der Waals surface area contributed by atoms with Gasteiger partial charge in [-0.15, -0.1) is 0 Å². The van der Waals surface area contributed by atoms with Crippen LogP contribution in [-0.4, -0.2) is 40.2 Å². The summed E-state index contributed by atoms with van der Waals surface area (Å²) in [6, 6.07) is -0.775. The zero-order chi connectivity index (χ0) is 11.6. The summed E-state index contributed by atoms with van der Waals surface area (Å²) >= 11 is 0. The van der Waals surface area contributed by atoms with Gasteiger partial charge in [0, 0.05) is 12.5 Å². The maximum absolute atomic E-state index is 10.9. The Morgan fingerprint density at radius 1 is 1.44 bits per heavy atom. The molecular formula is C10H17NO5. The van der Waals surface area contributed by atoms with Crippen LogP contribution in [0, 0.1) is 11.8 Å². The van der Waals surface area contributed by atoms with Crippen LogP contribution in [0.15, 0.2) is 12.2 Å². The van der Waals surface area contributed by atoms with E-state index >= 15 is 0 Å². The highest BCUT2D eigenvalue weighted by atomic mass is 16.4. The molecule has 3 atom stereocenters. The molecule has 1 aliphatic heterocycles. The predicted molar refractivity (Wildman–Crippen MR) is 57.1 cm³/mol. The van der Waals surface area contributed by atoms with Crippen LogP contribution in [0.25, 0.3) is 0 Å². The van der Waals surface area contributed by atoms with Crippen molar-refractivity contribution in [1.82, 2.24) is 5.32 Å². The molecule has 6 heteroatoms. The molecule has 5 N–H and O–H groups in total. The van der Waals surface area contributed by atoms with Crippen LogP contribution in [-0.2, 0) is 9.59 Å². The number of carboxylic acids is 2. The van der Waals surface area contributed by atoms with Crippen molar-refractivity contribution in [3.05, 3.63) is 12.2 Å². The Morgan fingerprint density at radius 2 is 2.00 bits per heavy atom. The number of carbonyl (C=O) groups is 2. The van der Waals surface area contributed by atoms with E-state index < -0.39 is 23.9 Å². The largest absolute Gasteiger partial charge is 0.481 e. The van der Waals surface area contributed by atoms with E-state index in [4.69, 9.17) is 10.2 Å². The zero-order valence-electron chi connectivity index (χ0n) is 9.06. The molecule has 0 amide bonds. The predicted octanol–water partition coefficient (Wildman–Crippen LogP) is -0.499. The summed E-state index contributed by atoms with van der Waals surface area (Å²) in [6.45, 7) is 6.05. The third-order valence-electron chi connectivity index (χ3n) is 2.81. The first-order chi connectivity index (χ1) is 6.93. The van der Waals surface area contributed by atoms with Gasteiger partial charge in [0.25, 0.3) is 0 Å². The van der Waals surface area contributed by atoms with Gasteiger partial charge in [0.05, 0.1) is 6.42 Å². The molecule has 0 aromatic rings. The third kappa shape index (κ3) is 3.04. The highest BCUT2D eigenvalue weighted by molar-refractivity contribution is 5.76. The van der Waals surface area contributed by atoms with Crippen molar-refractivity contribution < 1.29 is 25.3 Å². The first kappa shape index (κ1) is 14.6. The van der Waals surface area contributed by atoms with Crippen molar-refractivity contribution in [2.24, 2.45) is 11.8 Å². The molecule has 0 radical (unpaired) electrons. The summed E-state index contributed by atoms with van der Waals surface area (Å²) in [4.78, 5) is 21.5. The summed E-state index contributed by atoms with van der Waals surface area (Å²) in [7, 11) is 0. The van der Waals surface area contributed by atoms with E-state index in [-0.39, 0.29) is 17.8 Å². The second kappa shape index (κ2) is 5.62. The maximum Gasteiger partial charge on any atom is 0.321 e. The fourth-order valence-corrected chi connectivity index (χ4v) is 2.06. The molecule has 6 nitrogen and oxygen atoms in total. The van der Waals surface area contributed by atoms with E-state index in [1.54, 1.807) is 6.92 Å². The quantitative estimate of drug-likeness (QED) is 0.564. The van der Waals surface area contributed by atoms with Crippen molar-refractivity contribution in [2.45, 2.75) is 19.4 Å². The first-order valence-electron chi connectivity index (χ1n) is 4.77. The molecular weight excluding hydrogens is 214 g/mol. The Labute approximate surface area is 93.3 Å². The molecule has 0 spiro atoms. The van der Waals surface area contributed by atoms with Crippen LogP contribution >= 0.6 is 0 Å². The van der Waals surface area contributed by atoms with Crippen molar-refractivity contribution in [3.63, 3.8) is 0 Å². The fourth-order valence-electron chi connectivity index (χ4n) is 2.06. The van der Waals surface area contributed by atoms with Crippen molar-refractivity contribution in [1.29, 1.82) is 0 Å². The molecule has 0 aliphatic carbocycles. The summed E-state index contributed by atoms with van der Waals surface area (Å²) < 4.78 is 0. The number of carboxylic acid groups (broad SMARTS) is 2. The maximum atomic E-state index is 10.9. The molecule has 0 aromatic heterocycles. The number of hydrogen-bond acceptors (Lipinski definition) is 3. The molecule has 0 unspecified atom stereocenters. The molecule has 16 heavy (non-hydrogen) atoms. The highest BCUT2D eigenvalue weighted by Crippen LogP contribution is 2.30. The molecule has 1 aliphatic rings. The lowest BCUT2D eigenvalue weighted by atomic mass is 9.84. The van der Waals surface area contributed by atoms with E-state index in [1.807, 2.05) is 0 Å². The van der Waals surface area contributed by atoms with Crippen LogP contribution in [0.1, 0.15) is 13.3 Å². The van der Waals surface area contributed by atoms with E-state index in [1.165, 1.54) is 0 Å². The van der Waals surface area contributed by atoms with E-state index in [9.17, 15) is 9.59 Å². The topological polar surface area (TPSA) is 118 Å². The van der Waals surface area contributed by atoms with Crippen molar-refractivity contribution in [2.75, 3.05) is 6.54 Å². The van der Waals surface area contributed by atoms with E-state index in [0.717, 1.165) is 5.57 Å². The molecule has 1 rings (SSSR count). The van der Waals surface area contributed by atoms with Gasteiger partial charge in [0.15, 0.2) is 0 Å². The van der Waals surface area contributed by atoms with Gasteiger partial charge in [-0.3, -0.25) is 9.59 Å². The van der Waals surface area contributed by atoms with Crippen LogP contribution in [0.2, 0.25) is 0 Å². The van der Waals surface area contributed by atoms with Gasteiger partial charge < -0.3 is 21.0 Å². The van der Waals surface area contributed by atoms with Crippen LogP contribution < -0.4 is 5.32 Å². The molecule has 0 bridgehead atoms. The second-order valence-corrected chi connectivity index (χ2v) is 3.94. The van der Waals surface area contributed by atoms with Crippen molar-refractivity contribution in [3.8, 4) is 0 Å². The number of rotatable bonds is 4. The van der Waals surface area contributed by atoms with Crippen LogP contribution in [0.4, 0.5) is 0 Å². The lowest BCUT2D eigenvalue weighted by molar-refractivity contribution is -0.142. The van der Waals surface area contributed by atoms with Gasteiger partial charge in [0.1, 0.15) is 6.04 Å². The monoisotopic (exact) mass is 231 g/mol.